The van der Waals surface area contributed by atoms with Gasteiger partial charge in [0.25, 0.3) is 0 Å². The van der Waals surface area contributed by atoms with Gasteiger partial charge in [-0.25, -0.2) is 0 Å². The van der Waals surface area contributed by atoms with Crippen molar-refractivity contribution in [2.45, 2.75) is 37.7 Å². The highest BCUT2D eigenvalue weighted by Crippen LogP contribution is 2.41. The molecule has 2 aliphatic rings. The van der Waals surface area contributed by atoms with Crippen LogP contribution in [0.1, 0.15) is 37.2 Å². The van der Waals surface area contributed by atoms with Crippen LogP contribution in [0.5, 0.6) is 5.75 Å². The van der Waals surface area contributed by atoms with E-state index in [1.165, 1.54) is 12.5 Å². The van der Waals surface area contributed by atoms with Crippen molar-refractivity contribution in [1.29, 1.82) is 0 Å². The molecule has 1 unspecified atom stereocenters. The third-order valence-corrected chi connectivity index (χ3v) is 4.75. The summed E-state index contributed by atoms with van der Waals surface area (Å²) in [6.45, 7) is 0.562. The minimum Gasteiger partial charge on any atom is -0.508 e. The maximum atomic E-state index is 11.4. The summed E-state index contributed by atoms with van der Waals surface area (Å²) in [5.74, 6) is 0.0756. The van der Waals surface area contributed by atoms with Crippen LogP contribution in [0, 0.1) is 0 Å². The molecule has 1 aromatic carbocycles. The van der Waals surface area contributed by atoms with Gasteiger partial charge in [0.2, 0.25) is 5.91 Å². The molecule has 0 spiro atoms. The van der Waals surface area contributed by atoms with E-state index in [0.29, 0.717) is 28.6 Å². The maximum Gasteiger partial charge on any atom is 0.223 e. The Morgan fingerprint density at radius 3 is 2.33 bits per heavy atom. The summed E-state index contributed by atoms with van der Waals surface area (Å²) in [4.78, 5) is 13.1. The van der Waals surface area contributed by atoms with E-state index in [-0.39, 0.29) is 23.7 Å². The molecule has 6 heteroatoms. The van der Waals surface area contributed by atoms with E-state index in [4.69, 9.17) is 28.3 Å². The summed E-state index contributed by atoms with van der Waals surface area (Å²) in [6, 6.07) is 3.05. The summed E-state index contributed by atoms with van der Waals surface area (Å²) in [7, 11) is 1.73. The van der Waals surface area contributed by atoms with E-state index in [1.807, 2.05) is 0 Å². The second kappa shape index (κ2) is 6.86. The van der Waals surface area contributed by atoms with Crippen LogP contribution in [0.15, 0.2) is 12.1 Å². The first-order valence-corrected chi connectivity index (χ1v) is 7.74. The lowest BCUT2D eigenvalue weighted by Gasteiger charge is -2.17. The topological polar surface area (TPSA) is 60.8 Å². The number of hydrogen-bond donors (Lipinski definition) is 2. The van der Waals surface area contributed by atoms with E-state index in [9.17, 15) is 9.90 Å². The molecular weight excluding hydrogens is 313 g/mol. The largest absolute Gasteiger partial charge is 0.508 e. The van der Waals surface area contributed by atoms with Gasteiger partial charge < -0.3 is 15.1 Å². The zero-order chi connectivity index (χ0) is 15.6. The Hall–Kier alpha value is -0.970. The number of carbonyl (C=O) groups excluding carboxylic acids is 1. The number of phenols is 1. The number of halogens is 2. The second-order valence-corrected chi connectivity index (χ2v) is 6.34. The Balaban J connectivity index is 0.000000272. The zero-order valence-corrected chi connectivity index (χ0v) is 13.4. The van der Waals surface area contributed by atoms with E-state index < -0.39 is 0 Å². The molecule has 1 aromatic rings. The van der Waals surface area contributed by atoms with Gasteiger partial charge >= 0.3 is 0 Å². The number of hydrogen-bond acceptors (Lipinski definition) is 3. The van der Waals surface area contributed by atoms with Gasteiger partial charge in [-0.3, -0.25) is 4.79 Å². The lowest BCUT2D eigenvalue weighted by atomic mass is 9.97. The van der Waals surface area contributed by atoms with Crippen LogP contribution in [-0.2, 0) is 4.79 Å². The van der Waals surface area contributed by atoms with Crippen LogP contribution in [0.4, 0.5) is 0 Å². The number of aromatic hydroxyl groups is 1. The molecule has 1 amide bonds. The third kappa shape index (κ3) is 3.82. The number of likely N-dealkylation sites (N-methyl/N-ethyl adjacent to an activating group) is 1. The average molecular weight is 332 g/mol. The first-order chi connectivity index (χ1) is 9.90. The van der Waals surface area contributed by atoms with Crippen molar-refractivity contribution in [3.8, 4) is 5.75 Å². The third-order valence-electron chi connectivity index (χ3n) is 3.93. The summed E-state index contributed by atoms with van der Waals surface area (Å²) < 4.78 is 0. The highest BCUT2D eigenvalue weighted by Gasteiger charge is 2.31. The molecule has 1 heterocycles. The molecule has 0 radical (unpaired) electrons. The average Bonchev–Trinajstić information content (AvgIpc) is 2.73. The van der Waals surface area contributed by atoms with Crippen molar-refractivity contribution in [2.75, 3.05) is 13.6 Å². The standard InChI is InChI=1S/C11H11Cl2NO2.C4H8O/c1-14-5-6(4-9(14)16)10-8(15)3-2-7(12)11(10)13;5-4-2-1-3-4/h2-3,6,15H,4-5H2,1H3;4-5H,1-3H2. The van der Waals surface area contributed by atoms with Gasteiger partial charge in [-0.2, -0.15) is 0 Å². The van der Waals surface area contributed by atoms with Gasteiger partial charge in [0, 0.05) is 31.5 Å². The number of likely N-dealkylation sites (tertiary alicyclic amines) is 1. The summed E-state index contributed by atoms with van der Waals surface area (Å²) in [6.07, 6.45) is 3.75. The number of benzene rings is 1. The highest BCUT2D eigenvalue weighted by atomic mass is 35.5. The number of amides is 1. The molecule has 3 rings (SSSR count). The Morgan fingerprint density at radius 2 is 1.90 bits per heavy atom. The van der Waals surface area contributed by atoms with Crippen molar-refractivity contribution in [3.05, 3.63) is 27.7 Å². The number of phenolic OH excluding ortho intramolecular Hbond substituents is 1. The van der Waals surface area contributed by atoms with Crippen molar-refractivity contribution < 1.29 is 15.0 Å². The monoisotopic (exact) mass is 331 g/mol. The van der Waals surface area contributed by atoms with Gasteiger partial charge in [-0.15, -0.1) is 0 Å². The Labute approximate surface area is 134 Å². The lowest BCUT2D eigenvalue weighted by molar-refractivity contribution is -0.126. The maximum absolute atomic E-state index is 11.4. The normalized spacial score (nSPS) is 21.8. The molecule has 1 aliphatic heterocycles. The smallest absolute Gasteiger partial charge is 0.223 e. The number of carbonyl (C=O) groups is 1. The summed E-state index contributed by atoms with van der Waals surface area (Å²) in [5.41, 5.74) is 0.576. The van der Waals surface area contributed by atoms with Gasteiger partial charge in [-0.05, 0) is 31.4 Å². The molecule has 0 bridgehead atoms. The summed E-state index contributed by atoms with van der Waals surface area (Å²) >= 11 is 11.9. The Kier molecular flexibility index (Phi) is 5.36. The molecule has 116 valence electrons. The number of nitrogens with zero attached hydrogens (tertiary/aromatic N) is 1. The predicted octanol–water partition coefficient (Wildman–Crippen LogP) is 3.18. The predicted molar refractivity (Wildman–Crippen MR) is 83.0 cm³/mol. The molecule has 21 heavy (non-hydrogen) atoms. The number of aliphatic hydroxyl groups excluding tert-OH is 1. The Bertz CT molecular complexity index is 532. The van der Waals surface area contributed by atoms with Crippen LogP contribution < -0.4 is 0 Å². The molecule has 1 saturated heterocycles. The van der Waals surface area contributed by atoms with Crippen molar-refractivity contribution in [1.82, 2.24) is 4.90 Å². The molecule has 0 aromatic heterocycles. The summed E-state index contributed by atoms with van der Waals surface area (Å²) in [5, 5.41) is 19.0. The molecule has 1 saturated carbocycles. The fourth-order valence-electron chi connectivity index (χ4n) is 2.39. The van der Waals surface area contributed by atoms with Crippen LogP contribution in [-0.4, -0.2) is 40.7 Å². The molecule has 1 atom stereocenters. The molecule has 4 nitrogen and oxygen atoms in total. The fourth-order valence-corrected chi connectivity index (χ4v) is 2.87. The first kappa shape index (κ1) is 16.4. The van der Waals surface area contributed by atoms with Crippen LogP contribution >= 0.6 is 23.2 Å². The van der Waals surface area contributed by atoms with E-state index in [1.54, 1.807) is 18.0 Å². The second-order valence-electron chi connectivity index (χ2n) is 5.55. The minimum absolute atomic E-state index is 0.0560. The molecule has 1 aliphatic carbocycles. The first-order valence-electron chi connectivity index (χ1n) is 6.99. The molecule has 2 N–H and O–H groups in total. The van der Waals surface area contributed by atoms with E-state index in [0.717, 1.165) is 12.8 Å². The van der Waals surface area contributed by atoms with Gasteiger partial charge in [0.1, 0.15) is 5.75 Å². The molecule has 2 fully saturated rings. The molecular formula is C15H19Cl2NO3. The van der Waals surface area contributed by atoms with Crippen molar-refractivity contribution >= 4 is 29.1 Å². The fraction of sp³-hybridized carbons (Fsp3) is 0.533. The van der Waals surface area contributed by atoms with Crippen LogP contribution in [0.2, 0.25) is 10.0 Å². The van der Waals surface area contributed by atoms with E-state index >= 15 is 0 Å². The van der Waals surface area contributed by atoms with Crippen LogP contribution in [0.25, 0.3) is 0 Å². The van der Waals surface area contributed by atoms with Gasteiger partial charge in [0.15, 0.2) is 0 Å². The van der Waals surface area contributed by atoms with E-state index in [2.05, 4.69) is 0 Å². The minimum atomic E-state index is -0.0799. The number of rotatable bonds is 1. The van der Waals surface area contributed by atoms with Crippen LogP contribution in [0.3, 0.4) is 0 Å². The lowest BCUT2D eigenvalue weighted by Crippen LogP contribution is -2.18. The van der Waals surface area contributed by atoms with Gasteiger partial charge in [-0.1, -0.05) is 23.2 Å². The number of aliphatic hydroxyl groups is 1. The quantitative estimate of drug-likeness (QED) is 0.830. The van der Waals surface area contributed by atoms with Crippen molar-refractivity contribution in [3.63, 3.8) is 0 Å². The Morgan fingerprint density at radius 1 is 1.29 bits per heavy atom. The highest BCUT2D eigenvalue weighted by molar-refractivity contribution is 6.42. The van der Waals surface area contributed by atoms with Gasteiger partial charge in [0.05, 0.1) is 16.1 Å². The SMILES string of the molecule is CN1CC(c2c(O)ccc(Cl)c2Cl)CC1=O.OC1CCC1. The van der Waals surface area contributed by atoms with Crippen molar-refractivity contribution in [2.24, 2.45) is 0 Å². The zero-order valence-electron chi connectivity index (χ0n) is 11.9.